The maximum absolute atomic E-state index is 12.1. The first kappa shape index (κ1) is 15.5. The van der Waals surface area contributed by atoms with Gasteiger partial charge in [-0.15, -0.1) is 0 Å². The lowest BCUT2D eigenvalue weighted by Gasteiger charge is -2.06. The Morgan fingerprint density at radius 1 is 1.26 bits per heavy atom. The number of anilines is 1. The summed E-state index contributed by atoms with van der Waals surface area (Å²) >= 11 is 1.38. The molecule has 3 aromatic rings. The van der Waals surface area contributed by atoms with Crippen LogP contribution in [0.3, 0.4) is 0 Å². The fourth-order valence-electron chi connectivity index (χ4n) is 2.21. The highest BCUT2D eigenvalue weighted by Crippen LogP contribution is 2.23. The van der Waals surface area contributed by atoms with Gasteiger partial charge in [0.2, 0.25) is 5.91 Å². The minimum atomic E-state index is -0.0603. The Balaban J connectivity index is 1.63. The fourth-order valence-corrected chi connectivity index (χ4v) is 2.97. The molecule has 0 bridgehead atoms. The molecular formula is C16H17N5OS. The molecule has 118 valence electrons. The summed E-state index contributed by atoms with van der Waals surface area (Å²) in [5.41, 5.74) is 2.82. The molecule has 0 spiro atoms. The maximum atomic E-state index is 12.1. The standard InChI is InChI=1S/C16H17N5OS/c1-3-11-4-6-12(7-5-11)20-14(22)9-23-16-13-8-19-21(2)15(13)17-10-18-16/h4-8,10H,3,9H2,1-2H3,(H,20,22). The number of carbonyl (C=O) groups excluding carboxylic acids is 1. The number of nitrogens with zero attached hydrogens (tertiary/aromatic N) is 4. The molecule has 2 aromatic heterocycles. The SMILES string of the molecule is CCc1ccc(NC(=O)CSc2ncnc3c2cnn3C)cc1. The van der Waals surface area contributed by atoms with Crippen LogP contribution < -0.4 is 5.32 Å². The molecule has 7 heteroatoms. The molecule has 6 nitrogen and oxygen atoms in total. The second-order valence-electron chi connectivity index (χ2n) is 5.07. The average Bonchev–Trinajstić information content (AvgIpc) is 2.96. The Bertz CT molecular complexity index is 828. The Labute approximate surface area is 138 Å². The number of rotatable bonds is 5. The van der Waals surface area contributed by atoms with Crippen LogP contribution in [0.15, 0.2) is 41.8 Å². The summed E-state index contributed by atoms with van der Waals surface area (Å²) in [6.07, 6.45) is 4.20. The number of aromatic nitrogens is 4. The molecule has 2 heterocycles. The first-order chi connectivity index (χ1) is 11.2. The van der Waals surface area contributed by atoms with E-state index in [4.69, 9.17) is 0 Å². The van der Waals surface area contributed by atoms with E-state index in [0.29, 0.717) is 0 Å². The third-order valence-corrected chi connectivity index (χ3v) is 4.48. The molecule has 3 rings (SSSR count). The van der Waals surface area contributed by atoms with Gasteiger partial charge in [0, 0.05) is 12.7 Å². The minimum Gasteiger partial charge on any atom is -0.325 e. The first-order valence-electron chi connectivity index (χ1n) is 7.31. The minimum absolute atomic E-state index is 0.0603. The predicted octanol–water partition coefficient (Wildman–Crippen LogP) is 2.66. The van der Waals surface area contributed by atoms with Crippen LogP contribution in [0.5, 0.6) is 0 Å². The van der Waals surface area contributed by atoms with Gasteiger partial charge in [-0.1, -0.05) is 30.8 Å². The number of thioether (sulfide) groups is 1. The van der Waals surface area contributed by atoms with E-state index in [1.54, 1.807) is 10.9 Å². The highest BCUT2D eigenvalue weighted by atomic mass is 32.2. The molecule has 0 unspecified atom stereocenters. The van der Waals surface area contributed by atoms with Crippen molar-refractivity contribution in [3.05, 3.63) is 42.4 Å². The van der Waals surface area contributed by atoms with Gasteiger partial charge in [-0.25, -0.2) is 9.97 Å². The van der Waals surface area contributed by atoms with Crippen molar-refractivity contribution in [3.8, 4) is 0 Å². The summed E-state index contributed by atoms with van der Waals surface area (Å²) in [4.78, 5) is 20.5. The Morgan fingerprint density at radius 3 is 2.78 bits per heavy atom. The van der Waals surface area contributed by atoms with Crippen LogP contribution >= 0.6 is 11.8 Å². The maximum Gasteiger partial charge on any atom is 0.234 e. The summed E-state index contributed by atoms with van der Waals surface area (Å²) < 4.78 is 1.69. The van der Waals surface area contributed by atoms with E-state index in [1.807, 2.05) is 31.3 Å². The van der Waals surface area contributed by atoms with E-state index >= 15 is 0 Å². The number of amides is 1. The summed E-state index contributed by atoms with van der Waals surface area (Å²) in [6.45, 7) is 2.10. The molecule has 0 atom stereocenters. The highest BCUT2D eigenvalue weighted by molar-refractivity contribution is 8.00. The number of hydrogen-bond acceptors (Lipinski definition) is 5. The third kappa shape index (κ3) is 3.50. The Kier molecular flexibility index (Phi) is 4.57. The van der Waals surface area contributed by atoms with Gasteiger partial charge in [-0.05, 0) is 24.1 Å². The quantitative estimate of drug-likeness (QED) is 0.576. The van der Waals surface area contributed by atoms with Crippen LogP contribution in [-0.2, 0) is 18.3 Å². The number of carbonyl (C=O) groups is 1. The van der Waals surface area contributed by atoms with Gasteiger partial charge in [0.05, 0.1) is 17.3 Å². The van der Waals surface area contributed by atoms with Crippen molar-refractivity contribution >= 4 is 34.4 Å². The summed E-state index contributed by atoms with van der Waals surface area (Å²) in [5.74, 6) is 0.228. The summed E-state index contributed by atoms with van der Waals surface area (Å²) in [5, 5.41) is 8.69. The summed E-state index contributed by atoms with van der Waals surface area (Å²) in [7, 11) is 1.83. The largest absolute Gasteiger partial charge is 0.325 e. The normalized spacial score (nSPS) is 10.9. The molecule has 1 N–H and O–H groups in total. The van der Waals surface area contributed by atoms with Crippen LogP contribution in [-0.4, -0.2) is 31.4 Å². The zero-order valence-electron chi connectivity index (χ0n) is 13.0. The highest BCUT2D eigenvalue weighted by Gasteiger charge is 2.10. The molecule has 0 saturated carbocycles. The molecule has 23 heavy (non-hydrogen) atoms. The van der Waals surface area contributed by atoms with Crippen molar-refractivity contribution in [1.82, 2.24) is 19.7 Å². The van der Waals surface area contributed by atoms with Crippen LogP contribution in [0, 0.1) is 0 Å². The van der Waals surface area contributed by atoms with Gasteiger partial charge in [0.15, 0.2) is 5.65 Å². The van der Waals surface area contributed by atoms with Crippen molar-refractivity contribution in [2.24, 2.45) is 7.05 Å². The number of aryl methyl sites for hydroxylation is 2. The van der Waals surface area contributed by atoms with E-state index in [-0.39, 0.29) is 11.7 Å². The van der Waals surface area contributed by atoms with Gasteiger partial charge >= 0.3 is 0 Å². The lowest BCUT2D eigenvalue weighted by Crippen LogP contribution is -2.14. The number of benzene rings is 1. The fraction of sp³-hybridized carbons (Fsp3) is 0.250. The first-order valence-corrected chi connectivity index (χ1v) is 8.30. The van der Waals surface area contributed by atoms with Crippen molar-refractivity contribution in [3.63, 3.8) is 0 Å². The molecular weight excluding hydrogens is 310 g/mol. The van der Waals surface area contributed by atoms with E-state index in [1.165, 1.54) is 23.7 Å². The van der Waals surface area contributed by atoms with Gasteiger partial charge in [0.1, 0.15) is 11.4 Å². The molecule has 0 fully saturated rings. The van der Waals surface area contributed by atoms with Crippen LogP contribution in [0.4, 0.5) is 5.69 Å². The lowest BCUT2D eigenvalue weighted by molar-refractivity contribution is -0.113. The molecule has 1 amide bonds. The molecule has 0 aliphatic carbocycles. The van der Waals surface area contributed by atoms with E-state index in [0.717, 1.165) is 28.2 Å². The molecule has 0 aliphatic heterocycles. The number of fused-ring (bicyclic) bond motifs is 1. The number of nitrogens with one attached hydrogen (secondary N) is 1. The van der Waals surface area contributed by atoms with Gasteiger partial charge in [0.25, 0.3) is 0 Å². The average molecular weight is 327 g/mol. The van der Waals surface area contributed by atoms with Crippen molar-refractivity contribution in [1.29, 1.82) is 0 Å². The second-order valence-corrected chi connectivity index (χ2v) is 6.04. The van der Waals surface area contributed by atoms with E-state index in [9.17, 15) is 4.79 Å². The lowest BCUT2D eigenvalue weighted by atomic mass is 10.1. The predicted molar refractivity (Wildman–Crippen MR) is 91.5 cm³/mol. The zero-order chi connectivity index (χ0) is 16.2. The van der Waals surface area contributed by atoms with Crippen molar-refractivity contribution < 1.29 is 4.79 Å². The second kappa shape index (κ2) is 6.78. The topological polar surface area (TPSA) is 72.7 Å². The van der Waals surface area contributed by atoms with E-state index in [2.05, 4.69) is 27.3 Å². The molecule has 1 aromatic carbocycles. The van der Waals surface area contributed by atoms with E-state index < -0.39 is 0 Å². The Hall–Kier alpha value is -2.41. The molecule has 0 aliphatic rings. The smallest absolute Gasteiger partial charge is 0.234 e. The number of hydrogen-bond donors (Lipinski definition) is 1. The third-order valence-electron chi connectivity index (χ3n) is 3.48. The monoisotopic (exact) mass is 327 g/mol. The van der Waals surface area contributed by atoms with Gasteiger partial charge in [-0.2, -0.15) is 5.10 Å². The molecule has 0 radical (unpaired) electrons. The molecule has 0 saturated heterocycles. The van der Waals surface area contributed by atoms with Crippen molar-refractivity contribution in [2.45, 2.75) is 18.4 Å². The van der Waals surface area contributed by atoms with Gasteiger partial charge < -0.3 is 5.32 Å². The van der Waals surface area contributed by atoms with Crippen molar-refractivity contribution in [2.75, 3.05) is 11.1 Å². The summed E-state index contributed by atoms with van der Waals surface area (Å²) in [6, 6.07) is 7.88. The zero-order valence-corrected chi connectivity index (χ0v) is 13.8. The van der Waals surface area contributed by atoms with Crippen LogP contribution in [0.1, 0.15) is 12.5 Å². The van der Waals surface area contributed by atoms with Crippen LogP contribution in [0.2, 0.25) is 0 Å². The van der Waals surface area contributed by atoms with Gasteiger partial charge in [-0.3, -0.25) is 9.48 Å². The van der Waals surface area contributed by atoms with Crippen LogP contribution in [0.25, 0.3) is 11.0 Å². The Morgan fingerprint density at radius 2 is 2.04 bits per heavy atom.